The summed E-state index contributed by atoms with van der Waals surface area (Å²) in [6.45, 7) is 5.35. The third-order valence-corrected chi connectivity index (χ3v) is 4.38. The van der Waals surface area contributed by atoms with E-state index in [1.54, 1.807) is 39.0 Å². The summed E-state index contributed by atoms with van der Waals surface area (Å²) in [5.41, 5.74) is -0.541. The molecule has 19 heavy (non-hydrogen) atoms. The molecule has 106 valence electrons. The third kappa shape index (κ3) is 5.51. The van der Waals surface area contributed by atoms with Gasteiger partial charge in [0.1, 0.15) is 5.60 Å². The van der Waals surface area contributed by atoms with E-state index in [1.807, 2.05) is 0 Å². The van der Waals surface area contributed by atoms with Crippen LogP contribution in [-0.2, 0) is 20.3 Å². The minimum atomic E-state index is -1.42. The van der Waals surface area contributed by atoms with E-state index in [4.69, 9.17) is 27.9 Å². The number of carbonyl (C=O) groups excluding carboxylic acids is 1. The molecule has 0 saturated heterocycles. The zero-order valence-corrected chi connectivity index (χ0v) is 13.4. The molecule has 0 saturated carbocycles. The lowest BCUT2D eigenvalue weighted by Crippen LogP contribution is -2.24. The summed E-state index contributed by atoms with van der Waals surface area (Å²) in [5.74, 6) is -0.248. The van der Waals surface area contributed by atoms with Crippen LogP contribution in [0.15, 0.2) is 23.1 Å². The predicted octanol–water partition coefficient (Wildman–Crippen LogP) is 3.83. The van der Waals surface area contributed by atoms with Crippen molar-refractivity contribution >= 4 is 40.0 Å². The Bertz CT molecular complexity index is 475. The first-order valence-corrected chi connectivity index (χ1v) is 7.82. The number of esters is 1. The Morgan fingerprint density at radius 3 is 2.26 bits per heavy atom. The summed E-state index contributed by atoms with van der Waals surface area (Å²) in [5, 5.41) is 0.685. The molecule has 1 atom stereocenters. The first-order valence-electron chi connectivity index (χ1n) is 5.75. The van der Waals surface area contributed by atoms with Gasteiger partial charge in [0, 0.05) is 5.75 Å². The van der Waals surface area contributed by atoms with Crippen molar-refractivity contribution in [1.29, 1.82) is 0 Å². The van der Waals surface area contributed by atoms with Crippen LogP contribution in [0.25, 0.3) is 0 Å². The van der Waals surface area contributed by atoms with E-state index in [2.05, 4.69) is 0 Å². The maximum atomic E-state index is 12.1. The molecule has 1 unspecified atom stereocenters. The van der Waals surface area contributed by atoms with Gasteiger partial charge in [-0.25, -0.2) is 0 Å². The average molecular weight is 323 g/mol. The first-order chi connectivity index (χ1) is 8.70. The van der Waals surface area contributed by atoms with Gasteiger partial charge in [-0.2, -0.15) is 0 Å². The molecular weight excluding hydrogens is 307 g/mol. The van der Waals surface area contributed by atoms with Crippen molar-refractivity contribution in [3.63, 3.8) is 0 Å². The number of hydrogen-bond donors (Lipinski definition) is 0. The quantitative estimate of drug-likeness (QED) is 0.791. The number of hydrogen-bond acceptors (Lipinski definition) is 3. The average Bonchev–Trinajstić information content (AvgIpc) is 2.23. The summed E-state index contributed by atoms with van der Waals surface area (Å²) in [7, 11) is -1.42. The first kappa shape index (κ1) is 16.5. The summed E-state index contributed by atoms with van der Waals surface area (Å²) in [6.07, 6.45) is 0.0609. The maximum Gasteiger partial charge on any atom is 0.307 e. The molecule has 0 radical (unpaired) electrons. The van der Waals surface area contributed by atoms with Gasteiger partial charge in [-0.05, 0) is 32.9 Å². The molecule has 0 spiro atoms. The van der Waals surface area contributed by atoms with Crippen molar-refractivity contribution in [3.8, 4) is 0 Å². The lowest BCUT2D eigenvalue weighted by atomic mass is 10.2. The Morgan fingerprint density at radius 2 is 1.79 bits per heavy atom. The van der Waals surface area contributed by atoms with Crippen LogP contribution in [0.3, 0.4) is 0 Å². The van der Waals surface area contributed by atoms with Crippen LogP contribution in [0, 0.1) is 0 Å². The molecule has 1 aromatic carbocycles. The zero-order chi connectivity index (χ0) is 14.6. The maximum absolute atomic E-state index is 12.1. The standard InChI is InChI=1S/C13H16Cl2O3S/c1-13(2,3)18-11(16)7-8-19(17)12-9(14)5-4-6-10(12)15/h4-6H,7-8H2,1-3H3. The van der Waals surface area contributed by atoms with Crippen molar-refractivity contribution in [2.75, 3.05) is 5.75 Å². The molecular formula is C13H16Cl2O3S. The van der Waals surface area contributed by atoms with Gasteiger partial charge in [0.15, 0.2) is 0 Å². The van der Waals surface area contributed by atoms with Gasteiger partial charge in [-0.15, -0.1) is 0 Å². The highest BCUT2D eigenvalue weighted by Gasteiger charge is 2.19. The highest BCUT2D eigenvalue weighted by atomic mass is 35.5. The molecule has 0 amide bonds. The molecule has 0 bridgehead atoms. The zero-order valence-electron chi connectivity index (χ0n) is 11.0. The molecule has 0 heterocycles. The Labute approximate surface area is 125 Å². The summed E-state index contributed by atoms with van der Waals surface area (Å²) >= 11 is 11.9. The Balaban J connectivity index is 2.64. The van der Waals surface area contributed by atoms with Crippen molar-refractivity contribution in [1.82, 2.24) is 0 Å². The molecule has 0 aliphatic heterocycles. The van der Waals surface area contributed by atoms with Crippen LogP contribution >= 0.6 is 23.2 Å². The summed E-state index contributed by atoms with van der Waals surface area (Å²) in [4.78, 5) is 11.9. The molecule has 0 fully saturated rings. The normalized spacial score (nSPS) is 13.1. The summed E-state index contributed by atoms with van der Waals surface area (Å²) < 4.78 is 17.2. The minimum absolute atomic E-state index is 0.0609. The van der Waals surface area contributed by atoms with Gasteiger partial charge in [-0.3, -0.25) is 9.00 Å². The van der Waals surface area contributed by atoms with Crippen molar-refractivity contribution in [2.45, 2.75) is 37.7 Å². The number of halogens is 2. The Morgan fingerprint density at radius 1 is 1.26 bits per heavy atom. The number of carbonyl (C=O) groups is 1. The van der Waals surface area contributed by atoms with E-state index < -0.39 is 16.4 Å². The predicted molar refractivity (Wildman–Crippen MR) is 78.2 cm³/mol. The topological polar surface area (TPSA) is 43.4 Å². The van der Waals surface area contributed by atoms with Crippen LogP contribution < -0.4 is 0 Å². The largest absolute Gasteiger partial charge is 0.460 e. The van der Waals surface area contributed by atoms with E-state index in [0.717, 1.165) is 0 Å². The van der Waals surface area contributed by atoms with Gasteiger partial charge in [-0.1, -0.05) is 29.3 Å². The van der Waals surface area contributed by atoms with Crippen LogP contribution in [0.1, 0.15) is 27.2 Å². The van der Waals surface area contributed by atoms with Crippen molar-refractivity contribution in [3.05, 3.63) is 28.2 Å². The number of benzene rings is 1. The molecule has 0 N–H and O–H groups in total. The fraction of sp³-hybridized carbons (Fsp3) is 0.462. The van der Waals surface area contributed by atoms with Crippen molar-refractivity contribution < 1.29 is 13.7 Å². The fourth-order valence-electron chi connectivity index (χ4n) is 1.37. The smallest absolute Gasteiger partial charge is 0.307 e. The number of ether oxygens (including phenoxy) is 1. The van der Waals surface area contributed by atoms with Crippen LogP contribution in [-0.4, -0.2) is 21.5 Å². The fourth-order valence-corrected chi connectivity index (χ4v) is 3.41. The van der Waals surface area contributed by atoms with Crippen LogP contribution in [0.5, 0.6) is 0 Å². The lowest BCUT2D eigenvalue weighted by Gasteiger charge is -2.19. The van der Waals surface area contributed by atoms with E-state index >= 15 is 0 Å². The van der Waals surface area contributed by atoms with Crippen LogP contribution in [0.4, 0.5) is 0 Å². The van der Waals surface area contributed by atoms with E-state index in [-0.39, 0.29) is 18.1 Å². The Hall–Kier alpha value is -0.580. The third-order valence-electron chi connectivity index (χ3n) is 2.06. The molecule has 3 nitrogen and oxygen atoms in total. The molecule has 0 aromatic heterocycles. The van der Waals surface area contributed by atoms with E-state index in [1.165, 1.54) is 0 Å². The molecule has 6 heteroatoms. The molecule has 0 aliphatic carbocycles. The van der Waals surface area contributed by atoms with E-state index in [9.17, 15) is 9.00 Å². The lowest BCUT2D eigenvalue weighted by molar-refractivity contribution is -0.154. The molecule has 1 aromatic rings. The Kier molecular flexibility index (Phi) is 5.83. The van der Waals surface area contributed by atoms with Gasteiger partial charge < -0.3 is 4.74 Å². The molecule has 0 aliphatic rings. The highest BCUT2D eigenvalue weighted by molar-refractivity contribution is 7.85. The van der Waals surface area contributed by atoms with Crippen LogP contribution in [0.2, 0.25) is 10.0 Å². The minimum Gasteiger partial charge on any atom is -0.460 e. The summed E-state index contributed by atoms with van der Waals surface area (Å²) in [6, 6.07) is 4.92. The highest BCUT2D eigenvalue weighted by Crippen LogP contribution is 2.28. The van der Waals surface area contributed by atoms with Crippen molar-refractivity contribution in [2.24, 2.45) is 0 Å². The van der Waals surface area contributed by atoms with E-state index in [0.29, 0.717) is 14.9 Å². The molecule has 1 rings (SSSR count). The second-order valence-electron chi connectivity index (χ2n) is 4.94. The van der Waals surface area contributed by atoms with Gasteiger partial charge >= 0.3 is 5.97 Å². The van der Waals surface area contributed by atoms with Gasteiger partial charge in [0.2, 0.25) is 0 Å². The SMILES string of the molecule is CC(C)(C)OC(=O)CCS(=O)c1c(Cl)cccc1Cl. The van der Waals surface area contributed by atoms with Gasteiger partial charge in [0.05, 0.1) is 32.2 Å². The number of rotatable bonds is 4. The second-order valence-corrected chi connectivity index (χ2v) is 7.26. The second kappa shape index (κ2) is 6.73. The van der Waals surface area contributed by atoms with Gasteiger partial charge in [0.25, 0.3) is 0 Å². The monoisotopic (exact) mass is 322 g/mol.